The first-order valence-electron chi connectivity index (χ1n) is 9.52. The molecule has 0 bridgehead atoms. The third kappa shape index (κ3) is 4.36. The summed E-state index contributed by atoms with van der Waals surface area (Å²) in [6.07, 6.45) is 4.56. The van der Waals surface area contributed by atoms with E-state index in [4.69, 9.17) is 9.52 Å². The molecule has 0 radical (unpaired) electrons. The lowest BCUT2D eigenvalue weighted by molar-refractivity contribution is 0.204. The van der Waals surface area contributed by atoms with Crippen LogP contribution in [0, 0.1) is 6.92 Å². The summed E-state index contributed by atoms with van der Waals surface area (Å²) in [6.45, 7) is 8.86. The second-order valence-corrected chi connectivity index (χ2v) is 7.19. The minimum Gasteiger partial charge on any atom is -0.466 e. The van der Waals surface area contributed by atoms with E-state index in [2.05, 4.69) is 43.9 Å². The lowest BCUT2D eigenvalue weighted by Gasteiger charge is -2.28. The van der Waals surface area contributed by atoms with Gasteiger partial charge in [-0.3, -0.25) is 9.58 Å². The van der Waals surface area contributed by atoms with Crippen LogP contribution >= 0.6 is 0 Å². The monoisotopic (exact) mass is 366 g/mol. The van der Waals surface area contributed by atoms with Crippen molar-refractivity contribution in [2.45, 2.75) is 45.8 Å². The molecule has 0 saturated carbocycles. The van der Waals surface area contributed by atoms with E-state index in [-0.39, 0.29) is 0 Å². The maximum absolute atomic E-state index is 5.76. The van der Waals surface area contributed by atoms with Gasteiger partial charge in [0.25, 0.3) is 0 Å². The van der Waals surface area contributed by atoms with Crippen LogP contribution in [0.25, 0.3) is 0 Å². The average molecular weight is 366 g/mol. The van der Waals surface area contributed by atoms with Crippen LogP contribution in [0.5, 0.6) is 0 Å². The van der Waals surface area contributed by atoms with Gasteiger partial charge in [-0.05, 0) is 44.2 Å². The van der Waals surface area contributed by atoms with Gasteiger partial charge in [-0.1, -0.05) is 6.92 Å². The van der Waals surface area contributed by atoms with E-state index in [9.17, 15) is 0 Å². The van der Waals surface area contributed by atoms with Gasteiger partial charge in [0.15, 0.2) is 0 Å². The van der Waals surface area contributed by atoms with Crippen LogP contribution in [-0.4, -0.2) is 37.7 Å². The molecule has 0 spiro atoms. The summed E-state index contributed by atoms with van der Waals surface area (Å²) in [5.41, 5.74) is 2.30. The molecule has 1 unspecified atom stereocenters. The molecule has 1 atom stereocenters. The molecule has 142 valence electrons. The van der Waals surface area contributed by atoms with Crippen LogP contribution in [0.3, 0.4) is 0 Å². The van der Waals surface area contributed by atoms with Crippen molar-refractivity contribution in [1.82, 2.24) is 24.6 Å². The van der Waals surface area contributed by atoms with Gasteiger partial charge in [-0.25, -0.2) is 9.97 Å². The first kappa shape index (κ1) is 17.7. The van der Waals surface area contributed by atoms with E-state index in [0.29, 0.717) is 18.4 Å². The summed E-state index contributed by atoms with van der Waals surface area (Å²) in [6, 6.07) is 8.13. The molecule has 4 rings (SSSR count). The quantitative estimate of drug-likeness (QED) is 0.692. The van der Waals surface area contributed by atoms with E-state index in [1.165, 1.54) is 5.69 Å². The highest BCUT2D eigenvalue weighted by atomic mass is 16.3. The van der Waals surface area contributed by atoms with Gasteiger partial charge in [-0.15, -0.1) is 0 Å². The van der Waals surface area contributed by atoms with Crippen molar-refractivity contribution in [3.63, 3.8) is 0 Å². The number of nitrogens with zero attached hydrogens (tertiary/aromatic N) is 5. The van der Waals surface area contributed by atoms with Crippen molar-refractivity contribution in [3.05, 3.63) is 59.6 Å². The number of hydrogen-bond acceptors (Lipinski definition) is 6. The Bertz CT molecular complexity index is 872. The molecule has 7 heteroatoms. The average Bonchev–Trinajstić information content (AvgIpc) is 3.30. The molecule has 0 fully saturated rings. The Kier molecular flexibility index (Phi) is 5.20. The van der Waals surface area contributed by atoms with Crippen LogP contribution in [0.1, 0.15) is 42.2 Å². The van der Waals surface area contributed by atoms with Gasteiger partial charge < -0.3 is 9.73 Å². The number of rotatable bonds is 7. The van der Waals surface area contributed by atoms with Gasteiger partial charge >= 0.3 is 0 Å². The lowest BCUT2D eigenvalue weighted by atomic mass is 10.0. The molecule has 1 aliphatic heterocycles. The molecule has 7 nitrogen and oxygen atoms in total. The second kappa shape index (κ2) is 7.92. The van der Waals surface area contributed by atoms with Crippen LogP contribution in [0.15, 0.2) is 41.1 Å². The molecule has 3 aromatic rings. The molecule has 0 saturated heterocycles. The fraction of sp³-hybridized carbons (Fsp3) is 0.450. The molecular formula is C20H26N6O. The van der Waals surface area contributed by atoms with Crippen LogP contribution < -0.4 is 5.32 Å². The second-order valence-electron chi connectivity index (χ2n) is 7.19. The highest BCUT2D eigenvalue weighted by Gasteiger charge is 2.19. The maximum Gasteiger partial charge on any atom is 0.222 e. The van der Waals surface area contributed by atoms with Crippen molar-refractivity contribution in [3.8, 4) is 0 Å². The Morgan fingerprint density at radius 1 is 1.22 bits per heavy atom. The zero-order valence-corrected chi connectivity index (χ0v) is 15.9. The summed E-state index contributed by atoms with van der Waals surface area (Å²) in [7, 11) is 0. The SMILES string of the molecule is Cc1ccc(C(C)CCN2CCn3nc(CNc4ncccn4)cc3C2)o1. The minimum absolute atomic E-state index is 0.441. The Labute approximate surface area is 159 Å². The number of aryl methyl sites for hydroxylation is 1. The van der Waals surface area contributed by atoms with E-state index in [1.807, 2.05) is 19.1 Å². The highest BCUT2D eigenvalue weighted by molar-refractivity contribution is 5.24. The van der Waals surface area contributed by atoms with Crippen molar-refractivity contribution in [2.75, 3.05) is 18.4 Å². The summed E-state index contributed by atoms with van der Waals surface area (Å²) in [5, 5.41) is 7.92. The Hall–Kier alpha value is -2.67. The summed E-state index contributed by atoms with van der Waals surface area (Å²) < 4.78 is 7.88. The topological polar surface area (TPSA) is 72.0 Å². The van der Waals surface area contributed by atoms with Gasteiger partial charge in [0, 0.05) is 31.4 Å². The Morgan fingerprint density at radius 3 is 2.85 bits per heavy atom. The summed E-state index contributed by atoms with van der Waals surface area (Å²) >= 11 is 0. The number of fused-ring (bicyclic) bond motifs is 1. The zero-order chi connectivity index (χ0) is 18.6. The standard InChI is InChI=1S/C20H26N6O/c1-15(19-5-4-16(2)27-19)6-9-25-10-11-26-18(14-25)12-17(24-26)13-23-20-21-7-3-8-22-20/h3-5,7-8,12,15H,6,9-11,13-14H2,1-2H3,(H,21,22,23). The Morgan fingerprint density at radius 2 is 2.07 bits per heavy atom. The predicted molar refractivity (Wildman–Crippen MR) is 103 cm³/mol. The molecule has 0 aromatic carbocycles. The molecule has 27 heavy (non-hydrogen) atoms. The first-order chi connectivity index (χ1) is 13.2. The largest absolute Gasteiger partial charge is 0.466 e. The number of nitrogens with one attached hydrogen (secondary N) is 1. The number of hydrogen-bond donors (Lipinski definition) is 1. The van der Waals surface area contributed by atoms with Gasteiger partial charge in [-0.2, -0.15) is 5.10 Å². The van der Waals surface area contributed by atoms with E-state index in [1.54, 1.807) is 12.4 Å². The normalized spacial score (nSPS) is 15.5. The molecule has 3 aromatic heterocycles. The van der Waals surface area contributed by atoms with Crippen molar-refractivity contribution >= 4 is 5.95 Å². The summed E-state index contributed by atoms with van der Waals surface area (Å²) in [5.74, 6) is 3.15. The van der Waals surface area contributed by atoms with Gasteiger partial charge in [0.1, 0.15) is 11.5 Å². The van der Waals surface area contributed by atoms with Gasteiger partial charge in [0.05, 0.1) is 24.5 Å². The van der Waals surface area contributed by atoms with Crippen molar-refractivity contribution < 1.29 is 4.42 Å². The predicted octanol–water partition coefficient (Wildman–Crippen LogP) is 3.20. The Balaban J connectivity index is 1.30. The molecule has 1 aliphatic rings. The van der Waals surface area contributed by atoms with Gasteiger partial charge in [0.2, 0.25) is 5.95 Å². The molecule has 1 N–H and O–H groups in total. The van der Waals surface area contributed by atoms with E-state index < -0.39 is 0 Å². The minimum atomic E-state index is 0.441. The van der Waals surface area contributed by atoms with E-state index in [0.717, 1.165) is 49.8 Å². The van der Waals surface area contributed by atoms with E-state index >= 15 is 0 Å². The maximum atomic E-state index is 5.76. The number of anilines is 1. The smallest absolute Gasteiger partial charge is 0.222 e. The fourth-order valence-electron chi connectivity index (χ4n) is 3.45. The third-order valence-electron chi connectivity index (χ3n) is 5.05. The molecule has 4 heterocycles. The number of aromatic nitrogens is 4. The third-order valence-corrected chi connectivity index (χ3v) is 5.05. The van der Waals surface area contributed by atoms with Crippen LogP contribution in [0.2, 0.25) is 0 Å². The van der Waals surface area contributed by atoms with Crippen LogP contribution in [-0.2, 0) is 19.6 Å². The highest BCUT2D eigenvalue weighted by Crippen LogP contribution is 2.23. The number of furan rings is 1. The lowest BCUT2D eigenvalue weighted by Crippen LogP contribution is -2.34. The fourth-order valence-corrected chi connectivity index (χ4v) is 3.45. The first-order valence-corrected chi connectivity index (χ1v) is 9.52. The molecular weight excluding hydrogens is 340 g/mol. The van der Waals surface area contributed by atoms with Crippen molar-refractivity contribution in [1.29, 1.82) is 0 Å². The zero-order valence-electron chi connectivity index (χ0n) is 15.9. The molecule has 0 aliphatic carbocycles. The molecule has 0 amide bonds. The van der Waals surface area contributed by atoms with Crippen LogP contribution in [0.4, 0.5) is 5.95 Å². The van der Waals surface area contributed by atoms with Crippen molar-refractivity contribution in [2.24, 2.45) is 0 Å². The summed E-state index contributed by atoms with van der Waals surface area (Å²) in [4.78, 5) is 10.9.